The lowest BCUT2D eigenvalue weighted by Crippen LogP contribution is -2.18. The van der Waals surface area contributed by atoms with Crippen LogP contribution in [-0.2, 0) is 23.9 Å². The van der Waals surface area contributed by atoms with E-state index in [1.807, 2.05) is 0 Å². The zero-order valence-corrected chi connectivity index (χ0v) is 22.2. The molecular weight excluding hydrogens is 551 g/mol. The SMILES string of the molecule is C=C(Cn1cccn1)C(=O)Cc1ccc(Nc2nc3ccc(Oc4ccnc(C(=O)NC)c4)cc3[nH]2)cc1C(F)(F)F. The van der Waals surface area contributed by atoms with Crippen molar-refractivity contribution in [2.24, 2.45) is 0 Å². The number of pyridine rings is 1. The maximum absolute atomic E-state index is 14.0. The summed E-state index contributed by atoms with van der Waals surface area (Å²) in [5, 5.41) is 9.34. The number of anilines is 2. The fourth-order valence-electron chi connectivity index (χ4n) is 4.16. The van der Waals surface area contributed by atoms with E-state index >= 15 is 0 Å². The normalized spacial score (nSPS) is 11.3. The predicted octanol–water partition coefficient (Wildman–Crippen LogP) is 5.44. The summed E-state index contributed by atoms with van der Waals surface area (Å²) in [7, 11) is 1.50. The molecule has 0 fully saturated rings. The van der Waals surface area contributed by atoms with Gasteiger partial charge in [-0.05, 0) is 42.0 Å². The fraction of sp³-hybridized carbons (Fsp3) is 0.138. The molecule has 0 aliphatic rings. The molecule has 3 N–H and O–H groups in total. The Morgan fingerprint density at radius 1 is 1.07 bits per heavy atom. The van der Waals surface area contributed by atoms with Crippen molar-refractivity contribution in [3.8, 4) is 11.5 Å². The lowest BCUT2D eigenvalue weighted by Gasteiger charge is -2.15. The van der Waals surface area contributed by atoms with Gasteiger partial charge in [0.05, 0.1) is 23.1 Å². The van der Waals surface area contributed by atoms with Gasteiger partial charge in [-0.15, -0.1) is 0 Å². The number of Topliss-reactive ketones (excluding diaryl/α,β-unsaturated/α-hetero) is 1. The highest BCUT2D eigenvalue weighted by Gasteiger charge is 2.34. The molecule has 42 heavy (non-hydrogen) atoms. The highest BCUT2D eigenvalue weighted by Crippen LogP contribution is 2.35. The van der Waals surface area contributed by atoms with Crippen molar-refractivity contribution in [3.63, 3.8) is 0 Å². The van der Waals surface area contributed by atoms with Crippen LogP contribution in [0.5, 0.6) is 11.5 Å². The number of nitrogens with zero attached hydrogens (tertiary/aromatic N) is 4. The molecule has 10 nitrogen and oxygen atoms in total. The number of halogens is 3. The first-order valence-electron chi connectivity index (χ1n) is 12.6. The second-order valence-electron chi connectivity index (χ2n) is 9.22. The summed E-state index contributed by atoms with van der Waals surface area (Å²) in [5.74, 6) is 0.170. The number of ketones is 1. The Hall–Kier alpha value is -5.46. The van der Waals surface area contributed by atoms with Gasteiger partial charge in [-0.25, -0.2) is 4.98 Å². The van der Waals surface area contributed by atoms with E-state index in [0.29, 0.717) is 22.5 Å². The van der Waals surface area contributed by atoms with Crippen molar-refractivity contribution in [1.82, 2.24) is 30.0 Å². The van der Waals surface area contributed by atoms with Gasteiger partial charge in [0.2, 0.25) is 5.95 Å². The molecule has 0 aliphatic carbocycles. The lowest BCUT2D eigenvalue weighted by atomic mass is 9.98. The van der Waals surface area contributed by atoms with Crippen LogP contribution in [0.1, 0.15) is 21.6 Å². The summed E-state index contributed by atoms with van der Waals surface area (Å²) in [5.41, 5.74) is 0.467. The van der Waals surface area contributed by atoms with Crippen molar-refractivity contribution in [2.75, 3.05) is 12.4 Å². The number of alkyl halides is 3. The van der Waals surface area contributed by atoms with Crippen molar-refractivity contribution in [1.29, 1.82) is 0 Å². The van der Waals surface area contributed by atoms with Crippen LogP contribution in [0.25, 0.3) is 11.0 Å². The molecule has 0 bridgehead atoms. The smallest absolute Gasteiger partial charge is 0.416 e. The molecule has 2 aromatic carbocycles. The van der Waals surface area contributed by atoms with E-state index in [0.717, 1.165) is 6.07 Å². The molecule has 214 valence electrons. The molecule has 0 saturated carbocycles. The second kappa shape index (κ2) is 11.6. The van der Waals surface area contributed by atoms with Gasteiger partial charge in [-0.2, -0.15) is 18.3 Å². The summed E-state index contributed by atoms with van der Waals surface area (Å²) in [6, 6.07) is 13.4. The van der Waals surface area contributed by atoms with E-state index in [4.69, 9.17) is 4.74 Å². The number of ether oxygens (including phenoxy) is 1. The molecule has 5 rings (SSSR count). The standard InChI is InChI=1S/C29H24F3N7O3/c1-17(16-39-11-3-9-35-39)26(40)12-18-4-5-19(13-22(18)29(30,31)32)36-28-37-23-7-6-20(14-24(23)38-28)42-21-8-10-34-25(15-21)27(41)33-2/h3-11,13-15H,1,12,16H2,2H3,(H,33,41)(H2,36,37,38). The largest absolute Gasteiger partial charge is 0.457 e. The molecule has 3 heterocycles. The van der Waals surface area contributed by atoms with Crippen LogP contribution in [0, 0.1) is 0 Å². The lowest BCUT2D eigenvalue weighted by molar-refractivity contribution is -0.138. The van der Waals surface area contributed by atoms with E-state index in [1.54, 1.807) is 36.5 Å². The molecule has 0 radical (unpaired) electrons. The number of amides is 1. The summed E-state index contributed by atoms with van der Waals surface area (Å²) in [6.07, 6.45) is -0.526. The van der Waals surface area contributed by atoms with Crippen LogP contribution in [-0.4, -0.2) is 43.5 Å². The van der Waals surface area contributed by atoms with E-state index in [9.17, 15) is 22.8 Å². The summed E-state index contributed by atoms with van der Waals surface area (Å²) in [6.45, 7) is 3.80. The number of hydrogen-bond donors (Lipinski definition) is 3. The minimum atomic E-state index is -4.69. The third kappa shape index (κ3) is 6.46. The molecule has 0 unspecified atom stereocenters. The highest BCUT2D eigenvalue weighted by molar-refractivity contribution is 5.96. The van der Waals surface area contributed by atoms with E-state index in [2.05, 4.69) is 37.3 Å². The average Bonchev–Trinajstić information content (AvgIpc) is 3.62. The van der Waals surface area contributed by atoms with Gasteiger partial charge in [-0.1, -0.05) is 12.6 Å². The van der Waals surface area contributed by atoms with Gasteiger partial charge in [0.1, 0.15) is 17.2 Å². The minimum Gasteiger partial charge on any atom is -0.457 e. The van der Waals surface area contributed by atoms with Crippen molar-refractivity contribution in [3.05, 3.63) is 102 Å². The number of hydrogen-bond acceptors (Lipinski definition) is 7. The minimum absolute atomic E-state index is 0.0885. The Balaban J connectivity index is 1.32. The number of nitrogens with one attached hydrogen (secondary N) is 3. The van der Waals surface area contributed by atoms with Gasteiger partial charge >= 0.3 is 6.18 Å². The number of allylic oxidation sites excluding steroid dienone is 1. The Kier molecular flexibility index (Phi) is 7.74. The Morgan fingerprint density at radius 3 is 2.62 bits per heavy atom. The first-order valence-corrected chi connectivity index (χ1v) is 12.6. The van der Waals surface area contributed by atoms with Crippen LogP contribution in [0.15, 0.2) is 85.3 Å². The maximum atomic E-state index is 14.0. The average molecular weight is 576 g/mol. The molecule has 0 spiro atoms. The van der Waals surface area contributed by atoms with E-state index in [-0.39, 0.29) is 40.9 Å². The number of aromatic nitrogens is 5. The number of benzene rings is 2. The van der Waals surface area contributed by atoms with Crippen LogP contribution >= 0.6 is 0 Å². The van der Waals surface area contributed by atoms with Gasteiger partial charge < -0.3 is 20.4 Å². The number of rotatable bonds is 10. The predicted molar refractivity (Wildman–Crippen MR) is 149 cm³/mol. The Labute approximate surface area is 237 Å². The quantitative estimate of drug-likeness (QED) is 0.189. The molecule has 13 heteroatoms. The van der Waals surface area contributed by atoms with Gasteiger partial charge in [0.25, 0.3) is 5.91 Å². The van der Waals surface area contributed by atoms with Gasteiger partial charge in [0, 0.05) is 55.5 Å². The number of carbonyl (C=O) groups is 2. The Morgan fingerprint density at radius 2 is 1.88 bits per heavy atom. The third-order valence-corrected chi connectivity index (χ3v) is 6.22. The first kappa shape index (κ1) is 28.1. The number of imidazole rings is 1. The van der Waals surface area contributed by atoms with Crippen molar-refractivity contribution in [2.45, 2.75) is 19.1 Å². The molecule has 3 aromatic heterocycles. The topological polar surface area (TPSA) is 127 Å². The Bertz CT molecular complexity index is 1780. The van der Waals surface area contributed by atoms with Crippen LogP contribution in [0.4, 0.5) is 24.8 Å². The first-order chi connectivity index (χ1) is 20.1. The van der Waals surface area contributed by atoms with E-state index < -0.39 is 23.9 Å². The molecular formula is C29H24F3N7O3. The molecule has 1 amide bonds. The van der Waals surface area contributed by atoms with Crippen molar-refractivity contribution < 1.29 is 27.5 Å². The number of carbonyl (C=O) groups excluding carboxylic acids is 2. The van der Waals surface area contributed by atoms with Crippen LogP contribution in [0.2, 0.25) is 0 Å². The summed E-state index contributed by atoms with van der Waals surface area (Å²) >= 11 is 0. The van der Waals surface area contributed by atoms with E-state index in [1.165, 1.54) is 42.3 Å². The van der Waals surface area contributed by atoms with Crippen molar-refractivity contribution >= 4 is 34.4 Å². The van der Waals surface area contributed by atoms with Gasteiger partial charge in [0.15, 0.2) is 5.78 Å². The number of fused-ring (bicyclic) bond motifs is 1. The fourth-order valence-corrected chi connectivity index (χ4v) is 4.16. The number of aromatic amines is 1. The highest BCUT2D eigenvalue weighted by atomic mass is 19.4. The third-order valence-electron chi connectivity index (χ3n) is 6.22. The maximum Gasteiger partial charge on any atom is 0.416 e. The number of H-pyrrole nitrogens is 1. The molecule has 0 atom stereocenters. The summed E-state index contributed by atoms with van der Waals surface area (Å²) < 4.78 is 49.2. The van der Waals surface area contributed by atoms with Gasteiger partial charge in [-0.3, -0.25) is 19.3 Å². The zero-order chi connectivity index (χ0) is 29.9. The second-order valence-corrected chi connectivity index (χ2v) is 9.22. The zero-order valence-electron chi connectivity index (χ0n) is 22.2. The van der Waals surface area contributed by atoms with Crippen LogP contribution < -0.4 is 15.4 Å². The monoisotopic (exact) mass is 575 g/mol. The molecule has 5 aromatic rings. The van der Waals surface area contributed by atoms with Crippen LogP contribution in [0.3, 0.4) is 0 Å². The molecule has 0 saturated heterocycles. The molecule has 0 aliphatic heterocycles. The summed E-state index contributed by atoms with van der Waals surface area (Å²) in [4.78, 5) is 35.9.